The Labute approximate surface area is 83.5 Å². The van der Waals surface area contributed by atoms with Crippen molar-refractivity contribution in [2.24, 2.45) is 5.73 Å². The van der Waals surface area contributed by atoms with E-state index in [1.807, 2.05) is 10.9 Å². The van der Waals surface area contributed by atoms with Crippen molar-refractivity contribution < 1.29 is 0 Å². The number of rotatable bonds is 2. The van der Waals surface area contributed by atoms with Crippen molar-refractivity contribution >= 4 is 10.9 Å². The predicted octanol–water partition coefficient (Wildman–Crippen LogP) is 2.08. The van der Waals surface area contributed by atoms with Crippen molar-refractivity contribution in [3.63, 3.8) is 0 Å². The maximum absolute atomic E-state index is 5.61. The fraction of sp³-hybridized carbons (Fsp3) is 0.364. The van der Waals surface area contributed by atoms with Crippen LogP contribution in [0.5, 0.6) is 0 Å². The van der Waals surface area contributed by atoms with Gasteiger partial charge in [-0.25, -0.2) is 0 Å². The molecule has 0 saturated heterocycles. The van der Waals surface area contributed by atoms with E-state index in [2.05, 4.69) is 37.1 Å². The topological polar surface area (TPSA) is 43.8 Å². The molecule has 74 valence electrons. The minimum Gasteiger partial charge on any atom is -0.326 e. The zero-order valence-electron chi connectivity index (χ0n) is 8.57. The molecular weight excluding hydrogens is 174 g/mol. The van der Waals surface area contributed by atoms with Crippen LogP contribution in [0.2, 0.25) is 0 Å². The largest absolute Gasteiger partial charge is 0.326 e. The van der Waals surface area contributed by atoms with Crippen LogP contribution in [0, 0.1) is 0 Å². The fourth-order valence-electron chi connectivity index (χ4n) is 1.62. The van der Waals surface area contributed by atoms with Crippen LogP contribution in [0.25, 0.3) is 10.9 Å². The first kappa shape index (κ1) is 9.21. The van der Waals surface area contributed by atoms with Gasteiger partial charge in [0, 0.05) is 18.0 Å². The molecule has 0 atom stereocenters. The van der Waals surface area contributed by atoms with Crippen molar-refractivity contribution in [2.75, 3.05) is 0 Å². The molecule has 1 heterocycles. The van der Waals surface area contributed by atoms with Crippen LogP contribution >= 0.6 is 0 Å². The highest BCUT2D eigenvalue weighted by atomic mass is 15.3. The van der Waals surface area contributed by atoms with Gasteiger partial charge in [-0.15, -0.1) is 0 Å². The molecule has 0 amide bonds. The predicted molar refractivity (Wildman–Crippen MR) is 58.0 cm³/mol. The summed E-state index contributed by atoms with van der Waals surface area (Å²) in [5.74, 6) is 0. The number of hydrogen-bond donors (Lipinski definition) is 1. The van der Waals surface area contributed by atoms with Crippen molar-refractivity contribution in [1.82, 2.24) is 9.78 Å². The lowest BCUT2D eigenvalue weighted by Gasteiger charge is -2.07. The third kappa shape index (κ3) is 1.40. The fourth-order valence-corrected chi connectivity index (χ4v) is 1.62. The molecule has 0 saturated carbocycles. The van der Waals surface area contributed by atoms with Crippen LogP contribution < -0.4 is 5.73 Å². The molecule has 0 bridgehead atoms. The lowest BCUT2D eigenvalue weighted by atomic mass is 10.1. The average Bonchev–Trinajstić information content (AvgIpc) is 2.59. The Morgan fingerprint density at radius 3 is 2.86 bits per heavy atom. The van der Waals surface area contributed by atoms with E-state index in [4.69, 9.17) is 5.73 Å². The summed E-state index contributed by atoms with van der Waals surface area (Å²) in [6.45, 7) is 4.84. The zero-order valence-corrected chi connectivity index (χ0v) is 8.57. The number of aromatic nitrogens is 2. The molecule has 0 aliphatic heterocycles. The van der Waals surface area contributed by atoms with E-state index in [1.54, 1.807) is 0 Å². The van der Waals surface area contributed by atoms with E-state index in [0.29, 0.717) is 12.6 Å². The van der Waals surface area contributed by atoms with Crippen molar-refractivity contribution in [1.29, 1.82) is 0 Å². The van der Waals surface area contributed by atoms with Gasteiger partial charge < -0.3 is 5.73 Å². The third-order valence-electron chi connectivity index (χ3n) is 2.39. The van der Waals surface area contributed by atoms with Gasteiger partial charge in [0.2, 0.25) is 0 Å². The summed E-state index contributed by atoms with van der Waals surface area (Å²) in [4.78, 5) is 0. The minimum atomic E-state index is 0.389. The molecule has 0 aliphatic carbocycles. The Kier molecular flexibility index (Phi) is 2.25. The number of fused-ring (bicyclic) bond motifs is 1. The van der Waals surface area contributed by atoms with Crippen LogP contribution in [-0.2, 0) is 6.54 Å². The molecule has 1 aromatic heterocycles. The highest BCUT2D eigenvalue weighted by Gasteiger charge is 2.05. The van der Waals surface area contributed by atoms with E-state index in [-0.39, 0.29) is 0 Å². The standard InChI is InChI=1S/C11H15N3/c1-8(2)14-11-5-9(6-12)3-4-10(11)7-13-14/h3-5,7-8H,6,12H2,1-2H3. The first-order valence-corrected chi connectivity index (χ1v) is 4.88. The van der Waals surface area contributed by atoms with Gasteiger partial charge in [0.25, 0.3) is 0 Å². The average molecular weight is 189 g/mol. The Hall–Kier alpha value is -1.35. The Bertz CT molecular complexity index is 443. The van der Waals surface area contributed by atoms with E-state index in [0.717, 1.165) is 5.56 Å². The summed E-state index contributed by atoms with van der Waals surface area (Å²) in [6, 6.07) is 6.63. The van der Waals surface area contributed by atoms with E-state index in [1.165, 1.54) is 10.9 Å². The summed E-state index contributed by atoms with van der Waals surface area (Å²) >= 11 is 0. The summed E-state index contributed by atoms with van der Waals surface area (Å²) in [5, 5.41) is 5.52. The Morgan fingerprint density at radius 2 is 2.21 bits per heavy atom. The molecule has 3 heteroatoms. The molecule has 0 radical (unpaired) electrons. The van der Waals surface area contributed by atoms with Gasteiger partial charge in [0.15, 0.2) is 0 Å². The van der Waals surface area contributed by atoms with Gasteiger partial charge in [0.05, 0.1) is 11.7 Å². The summed E-state index contributed by atoms with van der Waals surface area (Å²) in [7, 11) is 0. The molecule has 0 spiro atoms. The Morgan fingerprint density at radius 1 is 1.43 bits per heavy atom. The van der Waals surface area contributed by atoms with Crippen LogP contribution in [0.15, 0.2) is 24.4 Å². The van der Waals surface area contributed by atoms with Gasteiger partial charge in [-0.2, -0.15) is 5.10 Å². The lowest BCUT2D eigenvalue weighted by molar-refractivity contribution is 0.550. The molecule has 0 unspecified atom stereocenters. The number of nitrogens with two attached hydrogens (primary N) is 1. The monoisotopic (exact) mass is 189 g/mol. The number of hydrogen-bond acceptors (Lipinski definition) is 2. The summed E-state index contributed by atoms with van der Waals surface area (Å²) < 4.78 is 2.02. The molecule has 2 N–H and O–H groups in total. The SMILES string of the molecule is CC(C)n1ncc2ccc(CN)cc21. The molecule has 1 aromatic carbocycles. The minimum absolute atomic E-state index is 0.389. The van der Waals surface area contributed by atoms with Gasteiger partial charge in [-0.1, -0.05) is 12.1 Å². The first-order chi connectivity index (χ1) is 6.72. The molecule has 2 aromatic rings. The lowest BCUT2D eigenvalue weighted by Crippen LogP contribution is -2.03. The molecule has 0 aliphatic rings. The molecule has 2 rings (SSSR count). The van der Waals surface area contributed by atoms with Gasteiger partial charge in [-0.05, 0) is 25.5 Å². The maximum atomic E-state index is 5.61. The smallest absolute Gasteiger partial charge is 0.0688 e. The highest BCUT2D eigenvalue weighted by molar-refractivity contribution is 5.79. The maximum Gasteiger partial charge on any atom is 0.0688 e. The van der Waals surface area contributed by atoms with Crippen LogP contribution in [-0.4, -0.2) is 9.78 Å². The van der Waals surface area contributed by atoms with Crippen molar-refractivity contribution in [3.8, 4) is 0 Å². The summed E-state index contributed by atoms with van der Waals surface area (Å²) in [5.41, 5.74) is 7.93. The van der Waals surface area contributed by atoms with Gasteiger partial charge in [0.1, 0.15) is 0 Å². The normalized spacial score (nSPS) is 11.4. The van der Waals surface area contributed by atoms with Crippen LogP contribution in [0.1, 0.15) is 25.5 Å². The molecule has 0 fully saturated rings. The second kappa shape index (κ2) is 3.42. The third-order valence-corrected chi connectivity index (χ3v) is 2.39. The first-order valence-electron chi connectivity index (χ1n) is 4.88. The van der Waals surface area contributed by atoms with Gasteiger partial charge in [-0.3, -0.25) is 4.68 Å². The van der Waals surface area contributed by atoms with E-state index < -0.39 is 0 Å². The Balaban J connectivity index is 2.63. The summed E-state index contributed by atoms with van der Waals surface area (Å²) in [6.07, 6.45) is 1.90. The number of benzene rings is 1. The second-order valence-corrected chi connectivity index (χ2v) is 3.78. The van der Waals surface area contributed by atoms with Gasteiger partial charge >= 0.3 is 0 Å². The molecular formula is C11H15N3. The van der Waals surface area contributed by atoms with Crippen molar-refractivity contribution in [2.45, 2.75) is 26.4 Å². The second-order valence-electron chi connectivity index (χ2n) is 3.78. The zero-order chi connectivity index (χ0) is 10.1. The van der Waals surface area contributed by atoms with Crippen LogP contribution in [0.3, 0.4) is 0 Å². The quantitative estimate of drug-likeness (QED) is 0.786. The number of nitrogens with zero attached hydrogens (tertiary/aromatic N) is 2. The van der Waals surface area contributed by atoms with Crippen LogP contribution in [0.4, 0.5) is 0 Å². The molecule has 14 heavy (non-hydrogen) atoms. The van der Waals surface area contributed by atoms with E-state index in [9.17, 15) is 0 Å². The van der Waals surface area contributed by atoms with E-state index >= 15 is 0 Å². The highest BCUT2D eigenvalue weighted by Crippen LogP contribution is 2.18. The molecule has 3 nitrogen and oxygen atoms in total. The van der Waals surface area contributed by atoms with Crippen molar-refractivity contribution in [3.05, 3.63) is 30.0 Å².